The summed E-state index contributed by atoms with van der Waals surface area (Å²) in [6.45, 7) is 3.98. The predicted molar refractivity (Wildman–Crippen MR) is 21.4 cm³/mol. The SMILES string of the molecule is C=C1NNCO1. The summed E-state index contributed by atoms with van der Waals surface area (Å²) in [6.07, 6.45) is 0. The van der Waals surface area contributed by atoms with Gasteiger partial charge in [0.25, 0.3) is 0 Å². The first-order valence-electron chi connectivity index (χ1n) is 1.70. The maximum atomic E-state index is 4.74. The van der Waals surface area contributed by atoms with E-state index in [2.05, 4.69) is 17.4 Å². The van der Waals surface area contributed by atoms with Crippen molar-refractivity contribution in [2.75, 3.05) is 6.73 Å². The van der Waals surface area contributed by atoms with Crippen LogP contribution in [0, 0.1) is 0 Å². The summed E-state index contributed by atoms with van der Waals surface area (Å²) in [4.78, 5) is 0. The molecule has 0 unspecified atom stereocenters. The Bertz CT molecular complexity index is 63.2. The Morgan fingerprint density at radius 3 is 2.83 bits per heavy atom. The molecule has 6 heavy (non-hydrogen) atoms. The number of hydrogen-bond acceptors (Lipinski definition) is 3. The monoisotopic (exact) mass is 86.0 g/mol. The first kappa shape index (κ1) is 3.49. The topological polar surface area (TPSA) is 33.3 Å². The minimum absolute atomic E-state index is 0.527. The van der Waals surface area contributed by atoms with Gasteiger partial charge in [0.1, 0.15) is 0 Å². The number of hydrogen-bond donors (Lipinski definition) is 2. The molecule has 0 aromatic carbocycles. The van der Waals surface area contributed by atoms with E-state index in [1.54, 1.807) is 0 Å². The minimum atomic E-state index is 0.527. The largest absolute Gasteiger partial charge is 0.461 e. The van der Waals surface area contributed by atoms with Gasteiger partial charge in [0.15, 0.2) is 12.6 Å². The van der Waals surface area contributed by atoms with Gasteiger partial charge in [-0.25, -0.2) is 0 Å². The average Bonchev–Trinajstić information content (AvgIpc) is 1.86. The number of ether oxygens (including phenoxy) is 1. The summed E-state index contributed by atoms with van der Waals surface area (Å²) in [6, 6.07) is 0. The van der Waals surface area contributed by atoms with E-state index in [1.807, 2.05) is 0 Å². The van der Waals surface area contributed by atoms with Gasteiger partial charge in [-0.2, -0.15) is 5.43 Å². The van der Waals surface area contributed by atoms with Crippen LogP contribution < -0.4 is 10.9 Å². The highest BCUT2D eigenvalue weighted by molar-refractivity contribution is 4.78. The summed E-state index contributed by atoms with van der Waals surface area (Å²) in [7, 11) is 0. The fraction of sp³-hybridized carbons (Fsp3) is 0.333. The van der Waals surface area contributed by atoms with E-state index in [0.29, 0.717) is 12.6 Å². The number of rotatable bonds is 0. The summed E-state index contributed by atoms with van der Waals surface area (Å²) >= 11 is 0. The van der Waals surface area contributed by atoms with Crippen molar-refractivity contribution in [3.8, 4) is 0 Å². The Morgan fingerprint density at radius 1 is 1.83 bits per heavy atom. The minimum Gasteiger partial charge on any atom is -0.461 e. The van der Waals surface area contributed by atoms with Gasteiger partial charge >= 0.3 is 0 Å². The summed E-state index contributed by atoms with van der Waals surface area (Å²) in [5.41, 5.74) is 5.35. The van der Waals surface area contributed by atoms with Crippen molar-refractivity contribution in [2.24, 2.45) is 0 Å². The molecule has 0 aliphatic carbocycles. The zero-order valence-corrected chi connectivity index (χ0v) is 3.32. The lowest BCUT2D eigenvalue weighted by molar-refractivity contribution is 0.254. The van der Waals surface area contributed by atoms with E-state index in [9.17, 15) is 0 Å². The summed E-state index contributed by atoms with van der Waals surface area (Å²) < 4.78 is 4.74. The van der Waals surface area contributed by atoms with Crippen LogP contribution in [0.4, 0.5) is 0 Å². The first-order valence-corrected chi connectivity index (χ1v) is 1.70. The van der Waals surface area contributed by atoms with E-state index >= 15 is 0 Å². The standard InChI is InChI=1S/C3H6N2O/c1-3-5-4-2-6-3/h4-5H,1-2H2. The molecule has 0 aromatic heterocycles. The van der Waals surface area contributed by atoms with Crippen LogP contribution in [0.2, 0.25) is 0 Å². The lowest BCUT2D eigenvalue weighted by Gasteiger charge is -1.86. The molecular formula is C3H6N2O. The maximum Gasteiger partial charge on any atom is 0.195 e. The second-order valence-electron chi connectivity index (χ2n) is 1.01. The lowest BCUT2D eigenvalue weighted by atomic mass is 11.0. The summed E-state index contributed by atoms with van der Waals surface area (Å²) in [5, 5.41) is 0. The van der Waals surface area contributed by atoms with Crippen LogP contribution in [-0.2, 0) is 4.74 Å². The molecule has 1 heterocycles. The molecule has 1 rings (SSSR count). The highest BCUT2D eigenvalue weighted by atomic mass is 16.5. The van der Waals surface area contributed by atoms with Gasteiger partial charge in [0.05, 0.1) is 0 Å². The van der Waals surface area contributed by atoms with Crippen LogP contribution >= 0.6 is 0 Å². The van der Waals surface area contributed by atoms with E-state index < -0.39 is 0 Å². The van der Waals surface area contributed by atoms with Gasteiger partial charge in [0.2, 0.25) is 0 Å². The maximum absolute atomic E-state index is 4.74. The summed E-state index contributed by atoms with van der Waals surface area (Å²) in [5.74, 6) is 0.593. The fourth-order valence-corrected chi connectivity index (χ4v) is 0.294. The van der Waals surface area contributed by atoms with Crippen LogP contribution in [0.5, 0.6) is 0 Å². The predicted octanol–water partition coefficient (Wildman–Crippen LogP) is -0.461. The van der Waals surface area contributed by atoms with Crippen molar-refractivity contribution >= 4 is 0 Å². The highest BCUT2D eigenvalue weighted by Gasteiger charge is 1.97. The molecule has 34 valence electrons. The zero-order chi connectivity index (χ0) is 4.41. The van der Waals surface area contributed by atoms with Crippen LogP contribution in [-0.4, -0.2) is 6.73 Å². The van der Waals surface area contributed by atoms with Crippen LogP contribution in [0.15, 0.2) is 12.5 Å². The van der Waals surface area contributed by atoms with Crippen molar-refractivity contribution in [3.63, 3.8) is 0 Å². The molecule has 2 N–H and O–H groups in total. The van der Waals surface area contributed by atoms with Gasteiger partial charge in [-0.05, 0) is 6.58 Å². The Labute approximate surface area is 36.0 Å². The second kappa shape index (κ2) is 1.18. The quantitative estimate of drug-likeness (QED) is 0.418. The molecule has 0 aromatic rings. The molecule has 0 radical (unpaired) electrons. The molecule has 1 fully saturated rings. The van der Waals surface area contributed by atoms with Crippen molar-refractivity contribution in [1.29, 1.82) is 0 Å². The van der Waals surface area contributed by atoms with Crippen LogP contribution in [0.25, 0.3) is 0 Å². The Balaban J connectivity index is 2.37. The number of nitrogens with one attached hydrogen (secondary N) is 2. The van der Waals surface area contributed by atoms with E-state index in [-0.39, 0.29) is 0 Å². The molecule has 0 spiro atoms. The fourth-order valence-electron chi connectivity index (χ4n) is 0.294. The number of hydrazine groups is 1. The van der Waals surface area contributed by atoms with Gasteiger partial charge < -0.3 is 4.74 Å². The second-order valence-corrected chi connectivity index (χ2v) is 1.01. The first-order chi connectivity index (χ1) is 2.89. The highest BCUT2D eigenvalue weighted by Crippen LogP contribution is 1.87. The van der Waals surface area contributed by atoms with E-state index in [4.69, 9.17) is 4.74 Å². The third kappa shape index (κ3) is 0.440. The third-order valence-electron chi connectivity index (χ3n) is 0.546. The Morgan fingerprint density at radius 2 is 2.67 bits per heavy atom. The Hall–Kier alpha value is -0.700. The normalized spacial score (nSPS) is 19.7. The molecular weight excluding hydrogens is 80.0 g/mol. The van der Waals surface area contributed by atoms with Crippen molar-refractivity contribution < 1.29 is 4.74 Å². The molecule has 0 atom stereocenters. The van der Waals surface area contributed by atoms with Gasteiger partial charge in [0, 0.05) is 0 Å². The molecule has 1 saturated heterocycles. The molecule has 1 aliphatic rings. The van der Waals surface area contributed by atoms with Crippen LogP contribution in [0.3, 0.4) is 0 Å². The average molecular weight is 86.1 g/mol. The van der Waals surface area contributed by atoms with Gasteiger partial charge in [-0.3, -0.25) is 5.43 Å². The van der Waals surface area contributed by atoms with Gasteiger partial charge in [-0.1, -0.05) is 0 Å². The van der Waals surface area contributed by atoms with Crippen molar-refractivity contribution in [2.45, 2.75) is 0 Å². The Kier molecular flexibility index (Phi) is 0.686. The van der Waals surface area contributed by atoms with Gasteiger partial charge in [-0.15, -0.1) is 0 Å². The lowest BCUT2D eigenvalue weighted by Crippen LogP contribution is -2.19. The smallest absolute Gasteiger partial charge is 0.195 e. The zero-order valence-electron chi connectivity index (χ0n) is 3.32. The van der Waals surface area contributed by atoms with Crippen molar-refractivity contribution in [3.05, 3.63) is 12.5 Å². The molecule has 3 nitrogen and oxygen atoms in total. The molecule has 1 aliphatic heterocycles. The van der Waals surface area contributed by atoms with Crippen LogP contribution in [0.1, 0.15) is 0 Å². The van der Waals surface area contributed by atoms with E-state index in [0.717, 1.165) is 0 Å². The third-order valence-corrected chi connectivity index (χ3v) is 0.546. The molecule has 0 bridgehead atoms. The molecule has 0 saturated carbocycles. The van der Waals surface area contributed by atoms with E-state index in [1.165, 1.54) is 0 Å². The molecule has 0 amide bonds. The molecule has 3 heteroatoms. The van der Waals surface area contributed by atoms with Crippen molar-refractivity contribution in [1.82, 2.24) is 10.9 Å².